The molecule has 4 nitrogen and oxygen atoms in total. The molecule has 1 amide bonds. The summed E-state index contributed by atoms with van der Waals surface area (Å²) in [6, 6.07) is 15.0. The fraction of sp³-hybridized carbons (Fsp3) is 0.0952. The molecule has 1 aromatic heterocycles. The van der Waals surface area contributed by atoms with Gasteiger partial charge in [-0.25, -0.2) is 0 Å². The van der Waals surface area contributed by atoms with Gasteiger partial charge in [0.05, 0.1) is 38.4 Å². The number of nitrogens with zero attached hydrogens (tertiary/aromatic N) is 2. The van der Waals surface area contributed by atoms with Crippen LogP contribution in [0.15, 0.2) is 54.7 Å². The molecule has 140 valence electrons. The van der Waals surface area contributed by atoms with E-state index in [1.165, 1.54) is 6.20 Å². The van der Waals surface area contributed by atoms with Crippen molar-refractivity contribution in [2.75, 3.05) is 0 Å². The summed E-state index contributed by atoms with van der Waals surface area (Å²) < 4.78 is 0. The summed E-state index contributed by atoms with van der Waals surface area (Å²) in [4.78, 5) is 17.2. The standard InChI is InChI=1S/C21H14Cl3N3O/c1-12-8-14(2-3-15(12)10-25)21(28)27-20(19-7-5-16(22)11-26-19)13-4-6-17(23)18(24)9-13/h2-9,11,20H,1H3,(H,27,28). The minimum Gasteiger partial charge on any atom is -0.340 e. The van der Waals surface area contributed by atoms with E-state index >= 15 is 0 Å². The summed E-state index contributed by atoms with van der Waals surface area (Å²) in [6.45, 7) is 1.78. The van der Waals surface area contributed by atoms with Crippen molar-refractivity contribution in [3.05, 3.63) is 97.7 Å². The van der Waals surface area contributed by atoms with Gasteiger partial charge in [-0.05, 0) is 60.5 Å². The molecule has 1 unspecified atom stereocenters. The number of hydrogen-bond acceptors (Lipinski definition) is 3. The molecule has 1 N–H and O–H groups in total. The van der Waals surface area contributed by atoms with Crippen molar-refractivity contribution in [3.8, 4) is 6.07 Å². The van der Waals surface area contributed by atoms with Crippen LogP contribution in [0.3, 0.4) is 0 Å². The van der Waals surface area contributed by atoms with Crippen LogP contribution >= 0.6 is 34.8 Å². The molecule has 3 rings (SSSR count). The fourth-order valence-electron chi connectivity index (χ4n) is 2.72. The topological polar surface area (TPSA) is 65.8 Å². The highest BCUT2D eigenvalue weighted by atomic mass is 35.5. The number of nitrogens with one attached hydrogen (secondary N) is 1. The van der Waals surface area contributed by atoms with Crippen molar-refractivity contribution < 1.29 is 4.79 Å². The van der Waals surface area contributed by atoms with Crippen LogP contribution in [0.5, 0.6) is 0 Å². The number of hydrogen-bond donors (Lipinski definition) is 1. The third kappa shape index (κ3) is 4.45. The number of aromatic nitrogens is 1. The molecule has 0 aliphatic heterocycles. The summed E-state index contributed by atoms with van der Waals surface area (Å²) in [6.07, 6.45) is 1.51. The van der Waals surface area contributed by atoms with E-state index in [9.17, 15) is 4.79 Å². The number of nitriles is 1. The zero-order valence-corrected chi connectivity index (χ0v) is 17.0. The number of halogens is 3. The Kier molecular flexibility index (Phi) is 6.21. The number of aryl methyl sites for hydroxylation is 1. The summed E-state index contributed by atoms with van der Waals surface area (Å²) in [5, 5.41) is 13.3. The Morgan fingerprint density at radius 1 is 1.07 bits per heavy atom. The quantitative estimate of drug-likeness (QED) is 0.574. The number of pyridine rings is 1. The van der Waals surface area contributed by atoms with Gasteiger partial charge in [-0.15, -0.1) is 0 Å². The number of carbonyl (C=O) groups excluding carboxylic acids is 1. The van der Waals surface area contributed by atoms with Crippen molar-refractivity contribution in [3.63, 3.8) is 0 Å². The van der Waals surface area contributed by atoms with E-state index in [1.54, 1.807) is 55.5 Å². The predicted molar refractivity (Wildman–Crippen MR) is 111 cm³/mol. The third-order valence-corrected chi connectivity index (χ3v) is 5.17. The maximum absolute atomic E-state index is 12.9. The van der Waals surface area contributed by atoms with Gasteiger partial charge >= 0.3 is 0 Å². The van der Waals surface area contributed by atoms with Crippen LogP contribution in [0, 0.1) is 18.3 Å². The van der Waals surface area contributed by atoms with Crippen LogP contribution in [0.4, 0.5) is 0 Å². The Labute approximate surface area is 177 Å². The maximum atomic E-state index is 12.9. The average molecular weight is 431 g/mol. The summed E-state index contributed by atoms with van der Waals surface area (Å²) in [5.41, 5.74) is 3.02. The lowest BCUT2D eigenvalue weighted by Crippen LogP contribution is -2.30. The van der Waals surface area contributed by atoms with E-state index in [0.717, 1.165) is 11.1 Å². The zero-order chi connectivity index (χ0) is 20.3. The molecule has 2 aromatic carbocycles. The molecule has 0 bridgehead atoms. The van der Waals surface area contributed by atoms with E-state index < -0.39 is 6.04 Å². The Morgan fingerprint density at radius 3 is 2.46 bits per heavy atom. The molecule has 1 heterocycles. The van der Waals surface area contributed by atoms with Gasteiger partial charge in [0, 0.05) is 11.8 Å². The van der Waals surface area contributed by atoms with Crippen molar-refractivity contribution in [2.24, 2.45) is 0 Å². The molecule has 0 aliphatic carbocycles. The van der Waals surface area contributed by atoms with Gasteiger partial charge in [-0.2, -0.15) is 5.26 Å². The van der Waals surface area contributed by atoms with Gasteiger partial charge in [-0.1, -0.05) is 40.9 Å². The van der Waals surface area contributed by atoms with Gasteiger partial charge in [0.2, 0.25) is 0 Å². The Hall–Kier alpha value is -2.58. The third-order valence-electron chi connectivity index (χ3n) is 4.21. The summed E-state index contributed by atoms with van der Waals surface area (Å²) in [5.74, 6) is -0.305. The highest BCUT2D eigenvalue weighted by Crippen LogP contribution is 2.29. The first-order valence-electron chi connectivity index (χ1n) is 8.27. The minimum absolute atomic E-state index is 0.305. The van der Waals surface area contributed by atoms with E-state index in [0.29, 0.717) is 31.9 Å². The largest absolute Gasteiger partial charge is 0.340 e. The van der Waals surface area contributed by atoms with Crippen LogP contribution in [-0.4, -0.2) is 10.9 Å². The highest BCUT2D eigenvalue weighted by Gasteiger charge is 2.20. The molecule has 28 heavy (non-hydrogen) atoms. The number of benzene rings is 2. The first-order chi connectivity index (χ1) is 13.4. The van der Waals surface area contributed by atoms with Crippen LogP contribution in [-0.2, 0) is 0 Å². The second kappa shape index (κ2) is 8.62. The van der Waals surface area contributed by atoms with Gasteiger partial charge < -0.3 is 5.32 Å². The molecule has 0 aliphatic rings. The van der Waals surface area contributed by atoms with E-state index in [2.05, 4.69) is 16.4 Å². The smallest absolute Gasteiger partial charge is 0.252 e. The van der Waals surface area contributed by atoms with E-state index in [4.69, 9.17) is 40.1 Å². The van der Waals surface area contributed by atoms with Crippen LogP contribution in [0.25, 0.3) is 0 Å². The Bertz CT molecular complexity index is 1080. The molecular weight excluding hydrogens is 417 g/mol. The first kappa shape index (κ1) is 20.2. The molecule has 7 heteroatoms. The molecular formula is C21H14Cl3N3O. The number of amides is 1. The summed E-state index contributed by atoms with van der Waals surface area (Å²) in [7, 11) is 0. The summed E-state index contributed by atoms with van der Waals surface area (Å²) >= 11 is 18.1. The van der Waals surface area contributed by atoms with Crippen molar-refractivity contribution in [1.82, 2.24) is 10.3 Å². The molecule has 3 aromatic rings. The highest BCUT2D eigenvalue weighted by molar-refractivity contribution is 6.42. The fourth-order valence-corrected chi connectivity index (χ4v) is 3.14. The average Bonchev–Trinajstić information content (AvgIpc) is 2.69. The van der Waals surface area contributed by atoms with Gasteiger partial charge in [0.25, 0.3) is 5.91 Å². The molecule has 0 saturated carbocycles. The van der Waals surface area contributed by atoms with Crippen molar-refractivity contribution in [1.29, 1.82) is 5.26 Å². The van der Waals surface area contributed by atoms with Gasteiger partial charge in [-0.3, -0.25) is 9.78 Å². The van der Waals surface area contributed by atoms with E-state index in [1.807, 2.05) is 0 Å². The maximum Gasteiger partial charge on any atom is 0.252 e. The van der Waals surface area contributed by atoms with Crippen LogP contribution in [0.1, 0.15) is 38.8 Å². The predicted octanol–water partition coefficient (Wildman–Crippen LogP) is 5.74. The monoisotopic (exact) mass is 429 g/mol. The lowest BCUT2D eigenvalue weighted by Gasteiger charge is -2.20. The van der Waals surface area contributed by atoms with Crippen LogP contribution < -0.4 is 5.32 Å². The lowest BCUT2D eigenvalue weighted by molar-refractivity contribution is 0.0942. The zero-order valence-electron chi connectivity index (χ0n) is 14.7. The van der Waals surface area contributed by atoms with Crippen molar-refractivity contribution in [2.45, 2.75) is 13.0 Å². The molecule has 0 saturated heterocycles. The molecule has 0 spiro atoms. The molecule has 0 fully saturated rings. The van der Waals surface area contributed by atoms with Crippen molar-refractivity contribution >= 4 is 40.7 Å². The minimum atomic E-state index is -0.560. The van der Waals surface area contributed by atoms with Crippen LogP contribution in [0.2, 0.25) is 15.1 Å². The molecule has 0 radical (unpaired) electrons. The Balaban J connectivity index is 1.98. The van der Waals surface area contributed by atoms with Gasteiger partial charge in [0.15, 0.2) is 0 Å². The number of rotatable bonds is 4. The lowest BCUT2D eigenvalue weighted by atomic mass is 10.0. The first-order valence-corrected chi connectivity index (χ1v) is 9.40. The second-order valence-electron chi connectivity index (χ2n) is 6.12. The normalized spacial score (nSPS) is 11.5. The SMILES string of the molecule is Cc1cc(C(=O)NC(c2ccc(Cl)c(Cl)c2)c2ccc(Cl)cn2)ccc1C#N. The van der Waals surface area contributed by atoms with E-state index in [-0.39, 0.29) is 5.91 Å². The van der Waals surface area contributed by atoms with Gasteiger partial charge in [0.1, 0.15) is 0 Å². The second-order valence-corrected chi connectivity index (χ2v) is 7.37. The molecule has 1 atom stereocenters. The Morgan fingerprint density at radius 2 is 1.86 bits per heavy atom. The number of carbonyl (C=O) groups is 1.